The molecular weight excluding hydrogens is 396 g/mol. The molecule has 170 valence electrons. The Bertz CT molecular complexity index is 1150. The summed E-state index contributed by atoms with van der Waals surface area (Å²) < 4.78 is 7.54. The minimum Gasteiger partial charge on any atom is -0.497 e. The number of aryl methyl sites for hydroxylation is 2. The van der Waals surface area contributed by atoms with Gasteiger partial charge in [0.2, 0.25) is 0 Å². The zero-order valence-corrected chi connectivity index (χ0v) is 20.6. The molecule has 1 aliphatic heterocycles. The Hall–Kier alpha value is -2.82. The van der Waals surface area contributed by atoms with Crippen LogP contribution in [-0.4, -0.2) is 34.0 Å². The van der Waals surface area contributed by atoms with Gasteiger partial charge in [-0.3, -0.25) is 0 Å². The molecule has 3 heterocycles. The molecule has 0 aliphatic carbocycles. The summed E-state index contributed by atoms with van der Waals surface area (Å²) in [5.74, 6) is 0.860. The third-order valence-electron chi connectivity index (χ3n) is 6.60. The second-order valence-corrected chi connectivity index (χ2v) is 9.11. The Balaban J connectivity index is 2.00. The number of benzene rings is 1. The zero-order chi connectivity index (χ0) is 23.0. The van der Waals surface area contributed by atoms with E-state index in [1.54, 1.807) is 7.11 Å². The number of anilines is 1. The van der Waals surface area contributed by atoms with Crippen molar-refractivity contribution < 1.29 is 4.74 Å². The fourth-order valence-corrected chi connectivity index (χ4v) is 5.22. The number of hydrogen-bond acceptors (Lipinski definition) is 4. The molecule has 5 nitrogen and oxygen atoms in total. The van der Waals surface area contributed by atoms with Gasteiger partial charge in [0.15, 0.2) is 0 Å². The van der Waals surface area contributed by atoms with Crippen LogP contribution in [0.1, 0.15) is 64.6 Å². The summed E-state index contributed by atoms with van der Waals surface area (Å²) in [4.78, 5) is 7.65. The van der Waals surface area contributed by atoms with Crippen LogP contribution in [0.25, 0.3) is 28.0 Å². The van der Waals surface area contributed by atoms with Crippen LogP contribution in [-0.2, 0) is 0 Å². The second-order valence-electron chi connectivity index (χ2n) is 9.11. The van der Waals surface area contributed by atoms with Crippen molar-refractivity contribution in [2.24, 2.45) is 0 Å². The average molecular weight is 433 g/mol. The van der Waals surface area contributed by atoms with Crippen LogP contribution >= 0.6 is 0 Å². The summed E-state index contributed by atoms with van der Waals surface area (Å²) in [5.41, 5.74) is 8.72. The Kier molecular flexibility index (Phi) is 6.27. The van der Waals surface area contributed by atoms with E-state index < -0.39 is 0 Å². The van der Waals surface area contributed by atoms with Crippen molar-refractivity contribution in [1.29, 1.82) is 0 Å². The highest BCUT2D eigenvalue weighted by Crippen LogP contribution is 2.40. The molecule has 5 heteroatoms. The summed E-state index contributed by atoms with van der Waals surface area (Å²) in [6.07, 6.45) is 7.09. The van der Waals surface area contributed by atoms with Gasteiger partial charge in [-0.1, -0.05) is 26.7 Å². The van der Waals surface area contributed by atoms with Gasteiger partial charge in [-0.25, -0.2) is 9.67 Å². The van der Waals surface area contributed by atoms with Crippen LogP contribution in [0.3, 0.4) is 0 Å². The molecule has 0 N–H and O–H groups in total. The molecule has 2 aromatic heterocycles. The first-order valence-electron chi connectivity index (χ1n) is 11.9. The topological polar surface area (TPSA) is 43.2 Å². The molecule has 1 aliphatic rings. The van der Waals surface area contributed by atoms with Crippen molar-refractivity contribution in [3.63, 3.8) is 0 Å². The largest absolute Gasteiger partial charge is 0.497 e. The number of ether oxygens (including phenoxy) is 1. The molecule has 0 fully saturated rings. The first-order chi connectivity index (χ1) is 15.4. The molecule has 0 amide bonds. The third kappa shape index (κ3) is 3.78. The van der Waals surface area contributed by atoms with Gasteiger partial charge in [0.1, 0.15) is 22.5 Å². The van der Waals surface area contributed by atoms with Gasteiger partial charge < -0.3 is 9.64 Å². The fraction of sp³-hybridized carbons (Fsp3) is 0.481. The lowest BCUT2D eigenvalue weighted by atomic mass is 10.0. The maximum Gasteiger partial charge on any atom is 0.119 e. The standard InChI is InChI=1S/C27H36N4O/c1-8-10-21(11-9-2)30-19(5)16-20(6)31-27-24(30)15-18(4)28-26(27)25(29-31)23-13-12-22(32-7)14-17(23)3/h12-16,19,21H,8-11H2,1-7H3/t19-/m1/s1. The van der Waals surface area contributed by atoms with E-state index in [0.717, 1.165) is 45.0 Å². The highest BCUT2D eigenvalue weighted by atomic mass is 16.5. The number of pyridine rings is 1. The maximum absolute atomic E-state index is 5.42. The van der Waals surface area contributed by atoms with E-state index in [4.69, 9.17) is 14.8 Å². The first kappa shape index (κ1) is 22.4. The van der Waals surface area contributed by atoms with Gasteiger partial charge >= 0.3 is 0 Å². The number of allylic oxidation sites excluding steroid dienone is 1. The van der Waals surface area contributed by atoms with Gasteiger partial charge in [0, 0.05) is 29.0 Å². The minimum atomic E-state index is 0.302. The number of rotatable bonds is 7. The molecule has 32 heavy (non-hydrogen) atoms. The lowest BCUT2D eigenvalue weighted by Crippen LogP contribution is -2.41. The molecule has 0 unspecified atom stereocenters. The van der Waals surface area contributed by atoms with Crippen LogP contribution in [0.15, 0.2) is 30.3 Å². The van der Waals surface area contributed by atoms with E-state index in [1.165, 1.54) is 31.4 Å². The predicted molar refractivity (Wildman–Crippen MR) is 134 cm³/mol. The number of aromatic nitrogens is 3. The Morgan fingerprint density at radius 1 is 1.06 bits per heavy atom. The van der Waals surface area contributed by atoms with E-state index in [0.29, 0.717) is 12.1 Å². The average Bonchev–Trinajstić information content (AvgIpc) is 3.08. The SMILES string of the molecule is CCCC(CCC)N1c2cc(C)nc3c(-c4ccc(OC)cc4C)nn(c23)C(C)=C[C@H]1C. The lowest BCUT2D eigenvalue weighted by molar-refractivity contribution is 0.414. The maximum atomic E-state index is 5.42. The molecule has 4 rings (SSSR count). The van der Waals surface area contributed by atoms with E-state index in [1.807, 2.05) is 6.07 Å². The molecule has 3 aromatic rings. The second kappa shape index (κ2) is 8.97. The van der Waals surface area contributed by atoms with Crippen molar-refractivity contribution >= 4 is 22.4 Å². The van der Waals surface area contributed by atoms with Crippen molar-refractivity contribution in [3.05, 3.63) is 41.6 Å². The van der Waals surface area contributed by atoms with Gasteiger partial charge in [-0.05, 0) is 76.4 Å². The molecule has 0 spiro atoms. The monoisotopic (exact) mass is 432 g/mol. The van der Waals surface area contributed by atoms with Crippen LogP contribution in [0.4, 0.5) is 5.69 Å². The van der Waals surface area contributed by atoms with E-state index in [2.05, 4.69) is 75.4 Å². The van der Waals surface area contributed by atoms with Crippen molar-refractivity contribution in [2.75, 3.05) is 12.0 Å². The van der Waals surface area contributed by atoms with Crippen LogP contribution in [0.5, 0.6) is 5.75 Å². The molecule has 1 atom stereocenters. The summed E-state index contributed by atoms with van der Waals surface area (Å²) in [6, 6.07) is 9.24. The zero-order valence-electron chi connectivity index (χ0n) is 20.6. The van der Waals surface area contributed by atoms with Gasteiger partial charge in [-0.15, -0.1) is 0 Å². The van der Waals surface area contributed by atoms with Crippen LogP contribution < -0.4 is 9.64 Å². The summed E-state index contributed by atoms with van der Waals surface area (Å²) in [7, 11) is 1.70. The Labute approximate surface area is 192 Å². The minimum absolute atomic E-state index is 0.302. The number of nitrogens with zero attached hydrogens (tertiary/aromatic N) is 4. The Morgan fingerprint density at radius 3 is 2.41 bits per heavy atom. The van der Waals surface area contributed by atoms with E-state index >= 15 is 0 Å². The lowest BCUT2D eigenvalue weighted by Gasteiger charge is -2.37. The molecule has 0 saturated heterocycles. The molecular formula is C27H36N4O. The smallest absolute Gasteiger partial charge is 0.119 e. The predicted octanol–water partition coefficient (Wildman–Crippen LogP) is 6.76. The summed E-state index contributed by atoms with van der Waals surface area (Å²) in [6.45, 7) is 13.3. The molecule has 0 bridgehead atoms. The molecule has 0 radical (unpaired) electrons. The van der Waals surface area contributed by atoms with E-state index in [-0.39, 0.29) is 0 Å². The molecule has 0 saturated carbocycles. The number of hydrogen-bond donors (Lipinski definition) is 0. The molecule has 1 aromatic carbocycles. The summed E-state index contributed by atoms with van der Waals surface area (Å²) >= 11 is 0. The van der Waals surface area contributed by atoms with Crippen molar-refractivity contribution in [1.82, 2.24) is 14.8 Å². The highest BCUT2D eigenvalue weighted by Gasteiger charge is 2.30. The van der Waals surface area contributed by atoms with Crippen LogP contribution in [0, 0.1) is 13.8 Å². The third-order valence-corrected chi connectivity index (χ3v) is 6.60. The highest BCUT2D eigenvalue weighted by molar-refractivity contribution is 6.00. The fourth-order valence-electron chi connectivity index (χ4n) is 5.22. The Morgan fingerprint density at radius 2 is 1.78 bits per heavy atom. The van der Waals surface area contributed by atoms with Crippen molar-refractivity contribution in [2.45, 2.75) is 79.3 Å². The van der Waals surface area contributed by atoms with E-state index in [9.17, 15) is 0 Å². The van der Waals surface area contributed by atoms with Crippen molar-refractivity contribution in [3.8, 4) is 17.0 Å². The number of methoxy groups -OCH3 is 1. The quantitative estimate of drug-likeness (QED) is 0.413. The first-order valence-corrected chi connectivity index (χ1v) is 11.9. The van der Waals surface area contributed by atoms with Gasteiger partial charge in [0.05, 0.1) is 12.8 Å². The normalized spacial score (nSPS) is 15.9. The summed E-state index contributed by atoms with van der Waals surface area (Å²) in [5, 5.41) is 5.13. The van der Waals surface area contributed by atoms with Gasteiger partial charge in [0.25, 0.3) is 0 Å². The van der Waals surface area contributed by atoms with Gasteiger partial charge in [-0.2, -0.15) is 5.10 Å². The van der Waals surface area contributed by atoms with Crippen LogP contribution in [0.2, 0.25) is 0 Å².